The molecule has 0 bridgehead atoms. The SMILES string of the molecule is Cc1cccc2c(=O)c(-c3ccc4c(c3)OCO4)c(NC(=O)CC(C)C)oc12. The first kappa shape index (κ1) is 18.1. The zero-order chi connectivity index (χ0) is 19.8. The quantitative estimate of drug-likeness (QED) is 0.723. The molecule has 0 radical (unpaired) electrons. The van der Waals surface area contributed by atoms with Gasteiger partial charge in [-0.15, -0.1) is 0 Å². The second-order valence-corrected chi connectivity index (χ2v) is 7.30. The van der Waals surface area contributed by atoms with Crippen molar-refractivity contribution in [2.45, 2.75) is 27.2 Å². The number of carbonyl (C=O) groups excluding carboxylic acids is 1. The van der Waals surface area contributed by atoms with E-state index in [1.54, 1.807) is 24.3 Å². The molecule has 1 N–H and O–H groups in total. The minimum absolute atomic E-state index is 0.141. The van der Waals surface area contributed by atoms with E-state index in [0.29, 0.717) is 40.0 Å². The summed E-state index contributed by atoms with van der Waals surface area (Å²) >= 11 is 0. The lowest BCUT2D eigenvalue weighted by molar-refractivity contribution is -0.116. The van der Waals surface area contributed by atoms with E-state index in [9.17, 15) is 9.59 Å². The Kier molecular flexibility index (Phi) is 4.55. The predicted octanol–water partition coefficient (Wildman–Crippen LogP) is 4.48. The van der Waals surface area contributed by atoms with Gasteiger partial charge < -0.3 is 13.9 Å². The lowest BCUT2D eigenvalue weighted by Gasteiger charge is -2.13. The second kappa shape index (κ2) is 7.03. The van der Waals surface area contributed by atoms with Gasteiger partial charge in [-0.05, 0) is 42.2 Å². The molecule has 2 aromatic carbocycles. The fourth-order valence-corrected chi connectivity index (χ4v) is 3.31. The van der Waals surface area contributed by atoms with E-state index >= 15 is 0 Å². The molecular formula is C22H21NO5. The lowest BCUT2D eigenvalue weighted by Crippen LogP contribution is -2.17. The van der Waals surface area contributed by atoms with Crippen molar-refractivity contribution in [1.29, 1.82) is 0 Å². The summed E-state index contributed by atoms with van der Waals surface area (Å²) in [4.78, 5) is 25.7. The van der Waals surface area contributed by atoms with Crippen LogP contribution in [0.25, 0.3) is 22.1 Å². The van der Waals surface area contributed by atoms with E-state index in [-0.39, 0.29) is 29.9 Å². The van der Waals surface area contributed by atoms with Crippen LogP contribution >= 0.6 is 0 Å². The Bertz CT molecular complexity index is 1130. The van der Waals surface area contributed by atoms with Gasteiger partial charge in [0.05, 0.1) is 10.9 Å². The molecule has 0 fully saturated rings. The van der Waals surface area contributed by atoms with Gasteiger partial charge in [-0.25, -0.2) is 0 Å². The van der Waals surface area contributed by atoms with Gasteiger partial charge >= 0.3 is 0 Å². The third-order valence-corrected chi connectivity index (χ3v) is 4.62. The van der Waals surface area contributed by atoms with Gasteiger partial charge in [-0.2, -0.15) is 0 Å². The molecule has 0 unspecified atom stereocenters. The maximum Gasteiger partial charge on any atom is 0.231 e. The monoisotopic (exact) mass is 379 g/mol. The van der Waals surface area contributed by atoms with Crippen LogP contribution in [0.4, 0.5) is 5.88 Å². The zero-order valence-corrected chi connectivity index (χ0v) is 16.0. The molecule has 1 aromatic heterocycles. The third kappa shape index (κ3) is 3.22. The summed E-state index contributed by atoms with van der Waals surface area (Å²) in [5, 5.41) is 3.26. The molecule has 1 aliphatic heterocycles. The van der Waals surface area contributed by atoms with Crippen LogP contribution in [0.2, 0.25) is 0 Å². The highest BCUT2D eigenvalue weighted by molar-refractivity contribution is 5.96. The molecule has 1 amide bonds. The van der Waals surface area contributed by atoms with Crippen LogP contribution in [-0.2, 0) is 4.79 Å². The van der Waals surface area contributed by atoms with Gasteiger partial charge in [0.25, 0.3) is 0 Å². The van der Waals surface area contributed by atoms with Crippen LogP contribution in [0.1, 0.15) is 25.8 Å². The first-order chi connectivity index (χ1) is 13.4. The Morgan fingerprint density at radius 1 is 1.14 bits per heavy atom. The number of hydrogen-bond acceptors (Lipinski definition) is 5. The average Bonchev–Trinajstić information content (AvgIpc) is 3.10. The van der Waals surface area contributed by atoms with Crippen molar-refractivity contribution in [2.75, 3.05) is 12.1 Å². The molecule has 6 heteroatoms. The maximum atomic E-state index is 13.3. The number of aryl methyl sites for hydroxylation is 1. The molecule has 6 nitrogen and oxygen atoms in total. The Labute approximate surface area is 162 Å². The number of hydrogen-bond donors (Lipinski definition) is 1. The van der Waals surface area contributed by atoms with Crippen LogP contribution in [0.15, 0.2) is 45.6 Å². The van der Waals surface area contributed by atoms with E-state index in [0.717, 1.165) is 5.56 Å². The molecule has 4 rings (SSSR count). The predicted molar refractivity (Wildman–Crippen MR) is 107 cm³/mol. The fourth-order valence-electron chi connectivity index (χ4n) is 3.31. The summed E-state index contributed by atoms with van der Waals surface area (Å²) in [5.74, 6) is 1.31. The standard InChI is InChI=1S/C22H21NO5/c1-12(2)9-18(24)23-22-19(14-7-8-16-17(10-14)27-11-26-16)20(25)15-6-4-5-13(3)21(15)28-22/h4-8,10,12H,9,11H2,1-3H3,(H,23,24). The minimum Gasteiger partial charge on any atom is -0.454 e. The average molecular weight is 379 g/mol. The number of ether oxygens (including phenoxy) is 2. The Morgan fingerprint density at radius 2 is 1.93 bits per heavy atom. The molecule has 0 atom stereocenters. The molecular weight excluding hydrogens is 358 g/mol. The minimum atomic E-state index is -0.205. The summed E-state index contributed by atoms with van der Waals surface area (Å²) in [7, 11) is 0. The molecule has 1 aliphatic rings. The van der Waals surface area contributed by atoms with Crippen LogP contribution in [-0.4, -0.2) is 12.7 Å². The molecule has 0 spiro atoms. The molecule has 0 saturated heterocycles. The van der Waals surface area contributed by atoms with Crippen LogP contribution in [0.3, 0.4) is 0 Å². The van der Waals surface area contributed by atoms with Crippen LogP contribution < -0.4 is 20.2 Å². The highest BCUT2D eigenvalue weighted by Gasteiger charge is 2.22. The summed E-state index contributed by atoms with van der Waals surface area (Å²) in [5.41, 5.74) is 1.99. The van der Waals surface area contributed by atoms with Gasteiger partial charge in [-0.1, -0.05) is 32.0 Å². The van der Waals surface area contributed by atoms with E-state index in [4.69, 9.17) is 13.9 Å². The Hall–Kier alpha value is -3.28. The first-order valence-corrected chi connectivity index (χ1v) is 9.20. The van der Waals surface area contributed by atoms with Crippen LogP contribution in [0.5, 0.6) is 11.5 Å². The second-order valence-electron chi connectivity index (χ2n) is 7.30. The van der Waals surface area contributed by atoms with Crippen molar-refractivity contribution >= 4 is 22.8 Å². The summed E-state index contributed by atoms with van der Waals surface area (Å²) in [6.45, 7) is 5.92. The number of para-hydroxylation sites is 1. The van der Waals surface area contributed by atoms with E-state index in [1.807, 2.05) is 32.9 Å². The number of nitrogens with one attached hydrogen (secondary N) is 1. The van der Waals surface area contributed by atoms with Crippen molar-refractivity contribution in [1.82, 2.24) is 0 Å². The topological polar surface area (TPSA) is 77.8 Å². The zero-order valence-electron chi connectivity index (χ0n) is 16.0. The van der Waals surface area contributed by atoms with Gasteiger partial charge in [0.1, 0.15) is 5.58 Å². The van der Waals surface area contributed by atoms with Gasteiger partial charge in [-0.3, -0.25) is 14.9 Å². The molecule has 2 heterocycles. The van der Waals surface area contributed by atoms with Crippen molar-refractivity contribution in [2.24, 2.45) is 5.92 Å². The summed E-state index contributed by atoms with van der Waals surface area (Å²) in [6, 6.07) is 10.6. The molecule has 28 heavy (non-hydrogen) atoms. The maximum absolute atomic E-state index is 13.3. The smallest absolute Gasteiger partial charge is 0.231 e. The van der Waals surface area contributed by atoms with Crippen molar-refractivity contribution in [3.05, 3.63) is 52.2 Å². The first-order valence-electron chi connectivity index (χ1n) is 9.20. The molecule has 144 valence electrons. The highest BCUT2D eigenvalue weighted by Crippen LogP contribution is 2.38. The van der Waals surface area contributed by atoms with Crippen LogP contribution in [0, 0.1) is 12.8 Å². The van der Waals surface area contributed by atoms with Gasteiger partial charge in [0.15, 0.2) is 11.5 Å². The fraction of sp³-hybridized carbons (Fsp3) is 0.273. The molecule has 0 saturated carbocycles. The third-order valence-electron chi connectivity index (χ3n) is 4.62. The highest BCUT2D eigenvalue weighted by atomic mass is 16.7. The number of rotatable bonds is 4. The van der Waals surface area contributed by atoms with E-state index < -0.39 is 0 Å². The van der Waals surface area contributed by atoms with E-state index in [1.165, 1.54) is 0 Å². The van der Waals surface area contributed by atoms with E-state index in [2.05, 4.69) is 5.32 Å². The summed E-state index contributed by atoms with van der Waals surface area (Å²) in [6.07, 6.45) is 0.329. The van der Waals surface area contributed by atoms with Crippen molar-refractivity contribution in [3.63, 3.8) is 0 Å². The number of anilines is 1. The molecule has 0 aliphatic carbocycles. The normalized spacial score (nSPS) is 12.6. The van der Waals surface area contributed by atoms with Gasteiger partial charge in [0.2, 0.25) is 24.0 Å². The molecule has 3 aromatic rings. The number of carbonyl (C=O) groups is 1. The number of benzene rings is 2. The number of fused-ring (bicyclic) bond motifs is 2. The Morgan fingerprint density at radius 3 is 2.71 bits per heavy atom. The lowest BCUT2D eigenvalue weighted by atomic mass is 10.0. The largest absolute Gasteiger partial charge is 0.454 e. The number of amides is 1. The van der Waals surface area contributed by atoms with Gasteiger partial charge in [0, 0.05) is 6.42 Å². The van der Waals surface area contributed by atoms with Crippen molar-refractivity contribution in [3.8, 4) is 22.6 Å². The summed E-state index contributed by atoms with van der Waals surface area (Å²) < 4.78 is 16.8. The Balaban J connectivity index is 1.92. The van der Waals surface area contributed by atoms with Crippen molar-refractivity contribution < 1.29 is 18.7 Å².